The molecule has 0 aliphatic heterocycles. The molecule has 1 heterocycles. The summed E-state index contributed by atoms with van der Waals surface area (Å²) < 4.78 is 0. The fraction of sp³-hybridized carbons (Fsp3) is 0.143. The summed E-state index contributed by atoms with van der Waals surface area (Å²) in [5, 5.41) is 13.4. The van der Waals surface area contributed by atoms with Crippen molar-refractivity contribution in [3.8, 4) is 0 Å². The van der Waals surface area contributed by atoms with Gasteiger partial charge in [0.2, 0.25) is 5.28 Å². The number of hydrogen-bond acceptors (Lipinski definition) is 4. The highest BCUT2D eigenvalue weighted by Crippen LogP contribution is 2.28. The molecule has 2 N–H and O–H groups in total. The zero-order valence-electron chi connectivity index (χ0n) is 10.5. The number of aliphatic hydroxyl groups is 1. The third-order valence-electron chi connectivity index (χ3n) is 2.76. The van der Waals surface area contributed by atoms with Crippen molar-refractivity contribution < 1.29 is 5.11 Å². The van der Waals surface area contributed by atoms with Crippen molar-refractivity contribution in [2.45, 2.75) is 6.10 Å². The van der Waals surface area contributed by atoms with Gasteiger partial charge in [0.05, 0.1) is 5.69 Å². The SMILES string of the molecule is C=Cc1c(NC)nc(Cl)nc1C(O)c1ccccc1. The maximum absolute atomic E-state index is 10.4. The molecule has 5 heteroatoms. The highest BCUT2D eigenvalue weighted by atomic mass is 35.5. The van der Waals surface area contributed by atoms with Gasteiger partial charge in [-0.2, -0.15) is 0 Å². The largest absolute Gasteiger partial charge is 0.382 e. The third kappa shape index (κ3) is 2.75. The van der Waals surface area contributed by atoms with E-state index in [0.717, 1.165) is 5.56 Å². The Bertz CT molecular complexity index is 587. The summed E-state index contributed by atoms with van der Waals surface area (Å²) in [5.74, 6) is 0.542. The molecule has 2 aromatic rings. The van der Waals surface area contributed by atoms with Crippen LogP contribution in [0.15, 0.2) is 36.9 Å². The number of anilines is 1. The Morgan fingerprint density at radius 3 is 2.58 bits per heavy atom. The molecule has 0 aliphatic carbocycles. The van der Waals surface area contributed by atoms with Crippen LogP contribution in [0.25, 0.3) is 6.08 Å². The van der Waals surface area contributed by atoms with Gasteiger partial charge in [-0.15, -0.1) is 0 Å². The molecular weight excluding hydrogens is 262 g/mol. The first-order valence-electron chi connectivity index (χ1n) is 5.78. The fourth-order valence-electron chi connectivity index (χ4n) is 1.85. The van der Waals surface area contributed by atoms with Crippen LogP contribution in [0.4, 0.5) is 5.82 Å². The van der Waals surface area contributed by atoms with Crippen LogP contribution in [0.3, 0.4) is 0 Å². The van der Waals surface area contributed by atoms with E-state index in [1.807, 2.05) is 30.3 Å². The van der Waals surface area contributed by atoms with E-state index in [2.05, 4.69) is 21.9 Å². The van der Waals surface area contributed by atoms with E-state index < -0.39 is 6.10 Å². The molecule has 4 nitrogen and oxygen atoms in total. The van der Waals surface area contributed by atoms with Crippen LogP contribution in [0, 0.1) is 0 Å². The molecule has 0 saturated heterocycles. The van der Waals surface area contributed by atoms with E-state index in [9.17, 15) is 5.11 Å². The summed E-state index contributed by atoms with van der Waals surface area (Å²) in [6, 6.07) is 9.25. The molecular formula is C14H14ClN3O. The number of nitrogens with zero attached hydrogens (tertiary/aromatic N) is 2. The summed E-state index contributed by atoms with van der Waals surface area (Å²) in [4.78, 5) is 8.18. The van der Waals surface area contributed by atoms with Crippen LogP contribution in [0.5, 0.6) is 0 Å². The van der Waals surface area contributed by atoms with Gasteiger partial charge in [-0.3, -0.25) is 0 Å². The first-order chi connectivity index (χ1) is 9.17. The summed E-state index contributed by atoms with van der Waals surface area (Å²) in [6.45, 7) is 3.73. The standard InChI is InChI=1S/C14H14ClN3O/c1-3-10-11(17-14(15)18-13(10)16-2)12(19)9-7-5-4-6-8-9/h3-8,12,19H,1H2,2H3,(H,16,17,18). The van der Waals surface area contributed by atoms with Crippen molar-refractivity contribution in [3.05, 3.63) is 59.0 Å². The molecule has 0 radical (unpaired) electrons. The number of benzene rings is 1. The monoisotopic (exact) mass is 275 g/mol. The average molecular weight is 276 g/mol. The minimum absolute atomic E-state index is 0.0833. The number of aliphatic hydroxyl groups excluding tert-OH is 1. The van der Waals surface area contributed by atoms with Crippen LogP contribution >= 0.6 is 11.6 Å². The first kappa shape index (κ1) is 13.5. The maximum atomic E-state index is 10.4. The zero-order valence-corrected chi connectivity index (χ0v) is 11.2. The molecule has 0 spiro atoms. The number of nitrogens with one attached hydrogen (secondary N) is 1. The van der Waals surface area contributed by atoms with Gasteiger partial charge in [0.15, 0.2) is 0 Å². The van der Waals surface area contributed by atoms with Crippen molar-refractivity contribution in [1.82, 2.24) is 9.97 Å². The normalized spacial score (nSPS) is 11.9. The Kier molecular flexibility index (Phi) is 4.14. The Morgan fingerprint density at radius 1 is 1.32 bits per heavy atom. The quantitative estimate of drug-likeness (QED) is 0.843. The fourth-order valence-corrected chi connectivity index (χ4v) is 2.03. The predicted octanol–water partition coefficient (Wildman–Crippen LogP) is 2.90. The minimum atomic E-state index is -0.873. The van der Waals surface area contributed by atoms with E-state index in [0.29, 0.717) is 17.1 Å². The van der Waals surface area contributed by atoms with Crippen LogP contribution in [0.1, 0.15) is 22.9 Å². The molecule has 1 aromatic heterocycles. The molecule has 1 atom stereocenters. The van der Waals surface area contributed by atoms with Crippen LogP contribution in [0.2, 0.25) is 5.28 Å². The van der Waals surface area contributed by atoms with E-state index in [-0.39, 0.29) is 5.28 Å². The van der Waals surface area contributed by atoms with Crippen molar-refractivity contribution in [3.63, 3.8) is 0 Å². The molecule has 0 bridgehead atoms. The zero-order chi connectivity index (χ0) is 13.8. The Labute approximate surface area is 116 Å². The third-order valence-corrected chi connectivity index (χ3v) is 2.93. The Hall–Kier alpha value is -1.91. The van der Waals surface area contributed by atoms with Crippen molar-refractivity contribution in [2.24, 2.45) is 0 Å². The number of hydrogen-bond donors (Lipinski definition) is 2. The molecule has 19 heavy (non-hydrogen) atoms. The average Bonchev–Trinajstić information content (AvgIpc) is 2.46. The van der Waals surface area contributed by atoms with Gasteiger partial charge >= 0.3 is 0 Å². The number of rotatable bonds is 4. The van der Waals surface area contributed by atoms with Gasteiger partial charge < -0.3 is 10.4 Å². The van der Waals surface area contributed by atoms with Crippen molar-refractivity contribution in [2.75, 3.05) is 12.4 Å². The summed E-state index contributed by atoms with van der Waals surface area (Å²) in [6.07, 6.45) is 0.728. The lowest BCUT2D eigenvalue weighted by atomic mass is 10.0. The smallest absolute Gasteiger partial charge is 0.224 e. The van der Waals surface area contributed by atoms with Gasteiger partial charge in [0.25, 0.3) is 0 Å². The second-order valence-corrected chi connectivity index (χ2v) is 4.25. The lowest BCUT2D eigenvalue weighted by molar-refractivity contribution is 0.215. The van der Waals surface area contributed by atoms with E-state index in [1.54, 1.807) is 13.1 Å². The summed E-state index contributed by atoms with van der Waals surface area (Å²) >= 11 is 5.88. The molecule has 1 aromatic carbocycles. The van der Waals surface area contributed by atoms with Gasteiger partial charge in [-0.25, -0.2) is 9.97 Å². The maximum Gasteiger partial charge on any atom is 0.224 e. The van der Waals surface area contributed by atoms with Crippen LogP contribution < -0.4 is 5.32 Å². The lowest BCUT2D eigenvalue weighted by Crippen LogP contribution is -2.09. The van der Waals surface area contributed by atoms with E-state index >= 15 is 0 Å². The first-order valence-corrected chi connectivity index (χ1v) is 6.15. The van der Waals surface area contributed by atoms with Crippen molar-refractivity contribution in [1.29, 1.82) is 0 Å². The second-order valence-electron chi connectivity index (χ2n) is 3.91. The van der Waals surface area contributed by atoms with Crippen molar-refractivity contribution >= 4 is 23.5 Å². The number of aromatic nitrogens is 2. The minimum Gasteiger partial charge on any atom is -0.382 e. The van der Waals surface area contributed by atoms with Gasteiger partial charge in [0.1, 0.15) is 11.9 Å². The lowest BCUT2D eigenvalue weighted by Gasteiger charge is -2.15. The van der Waals surface area contributed by atoms with Gasteiger partial charge in [-0.1, -0.05) is 43.0 Å². The Balaban J connectivity index is 2.55. The molecule has 0 fully saturated rings. The highest BCUT2D eigenvalue weighted by Gasteiger charge is 2.19. The van der Waals surface area contributed by atoms with Gasteiger partial charge in [0, 0.05) is 12.6 Å². The molecule has 0 saturated carbocycles. The van der Waals surface area contributed by atoms with Crippen LogP contribution in [-0.4, -0.2) is 22.1 Å². The molecule has 98 valence electrons. The molecule has 0 aliphatic rings. The molecule has 1 unspecified atom stereocenters. The second kappa shape index (κ2) is 5.82. The molecule has 0 amide bonds. The molecule has 2 rings (SSSR count). The number of halogens is 1. The highest BCUT2D eigenvalue weighted by molar-refractivity contribution is 6.28. The summed E-state index contributed by atoms with van der Waals surface area (Å²) in [7, 11) is 1.73. The predicted molar refractivity (Wildman–Crippen MR) is 77.2 cm³/mol. The summed E-state index contributed by atoms with van der Waals surface area (Å²) in [5.41, 5.74) is 1.82. The van der Waals surface area contributed by atoms with E-state index in [1.165, 1.54) is 0 Å². The van der Waals surface area contributed by atoms with Crippen LogP contribution in [-0.2, 0) is 0 Å². The Morgan fingerprint density at radius 2 is 2.00 bits per heavy atom. The topological polar surface area (TPSA) is 58.0 Å². The van der Waals surface area contributed by atoms with Gasteiger partial charge in [-0.05, 0) is 17.2 Å². The van der Waals surface area contributed by atoms with E-state index in [4.69, 9.17) is 11.6 Å².